The first kappa shape index (κ1) is 12.6. The second-order valence-electron chi connectivity index (χ2n) is 4.21. The molecule has 0 unspecified atom stereocenters. The topological polar surface area (TPSA) is 72.2 Å². The second-order valence-corrected chi connectivity index (χ2v) is 4.65. The number of carbonyl (C=O) groups is 1. The van der Waals surface area contributed by atoms with Gasteiger partial charge >= 0.3 is 0 Å². The number of nitrogens with one attached hydrogen (secondary N) is 1. The molecule has 20 heavy (non-hydrogen) atoms. The molecule has 0 aliphatic rings. The van der Waals surface area contributed by atoms with Crippen LogP contribution < -0.4 is 5.32 Å². The van der Waals surface area contributed by atoms with E-state index in [2.05, 4.69) is 20.8 Å². The largest absolute Gasteiger partial charge is 0.348 e. The van der Waals surface area contributed by atoms with Crippen LogP contribution in [0.15, 0.2) is 42.6 Å². The average Bonchev–Trinajstić information content (AvgIpc) is 2.92. The number of nitrogens with zero attached hydrogens (tertiary/aromatic N) is 4. The van der Waals surface area contributed by atoms with E-state index in [1.54, 1.807) is 24.4 Å². The third-order valence-corrected chi connectivity index (χ3v) is 3.03. The maximum Gasteiger partial charge on any atom is 0.253 e. The van der Waals surface area contributed by atoms with Gasteiger partial charge in [0.05, 0.1) is 5.56 Å². The Hall–Kier alpha value is -2.47. The molecule has 3 aromatic rings. The molecule has 0 atom stereocenters. The Bertz CT molecular complexity index is 770. The second kappa shape index (κ2) is 5.26. The molecule has 0 bridgehead atoms. The van der Waals surface area contributed by atoms with Gasteiger partial charge in [0, 0.05) is 17.8 Å². The Balaban J connectivity index is 1.72. The molecule has 1 aromatic carbocycles. The lowest BCUT2D eigenvalue weighted by atomic mass is 10.2. The number of fused-ring (bicyclic) bond motifs is 1. The van der Waals surface area contributed by atoms with E-state index in [1.165, 1.54) is 4.52 Å². The van der Waals surface area contributed by atoms with Crippen molar-refractivity contribution in [3.63, 3.8) is 0 Å². The number of benzene rings is 1. The van der Waals surface area contributed by atoms with E-state index in [1.807, 2.05) is 18.2 Å². The SMILES string of the molecule is O=C(NCc1cccc(Cl)c1)c1ccc2nnnn2c1. The van der Waals surface area contributed by atoms with Crippen LogP contribution in [-0.4, -0.2) is 25.9 Å². The molecule has 6 nitrogen and oxygen atoms in total. The molecule has 0 saturated carbocycles. The predicted octanol–water partition coefficient (Wildman–Crippen LogP) is 1.71. The summed E-state index contributed by atoms with van der Waals surface area (Å²) >= 11 is 5.89. The highest BCUT2D eigenvalue weighted by atomic mass is 35.5. The highest BCUT2D eigenvalue weighted by molar-refractivity contribution is 6.30. The van der Waals surface area contributed by atoms with E-state index in [-0.39, 0.29) is 5.91 Å². The lowest BCUT2D eigenvalue weighted by molar-refractivity contribution is 0.0950. The number of rotatable bonds is 3. The van der Waals surface area contributed by atoms with E-state index in [0.29, 0.717) is 22.8 Å². The number of tetrazole rings is 1. The fourth-order valence-electron chi connectivity index (χ4n) is 1.81. The Labute approximate surface area is 119 Å². The number of aromatic nitrogens is 4. The number of halogens is 1. The number of carbonyl (C=O) groups excluding carboxylic acids is 1. The molecule has 0 aliphatic heterocycles. The zero-order valence-electron chi connectivity index (χ0n) is 10.3. The van der Waals surface area contributed by atoms with Crippen molar-refractivity contribution in [2.75, 3.05) is 0 Å². The van der Waals surface area contributed by atoms with Gasteiger partial charge in [-0.3, -0.25) is 4.79 Å². The van der Waals surface area contributed by atoms with Crippen molar-refractivity contribution in [2.45, 2.75) is 6.54 Å². The lowest BCUT2D eigenvalue weighted by Gasteiger charge is -2.05. The van der Waals surface area contributed by atoms with Crippen molar-refractivity contribution in [3.8, 4) is 0 Å². The van der Waals surface area contributed by atoms with Gasteiger partial charge in [0.25, 0.3) is 5.91 Å². The fourth-order valence-corrected chi connectivity index (χ4v) is 2.02. The van der Waals surface area contributed by atoms with Crippen molar-refractivity contribution in [1.29, 1.82) is 0 Å². The first-order valence-electron chi connectivity index (χ1n) is 5.93. The van der Waals surface area contributed by atoms with Crippen LogP contribution in [0.2, 0.25) is 5.02 Å². The van der Waals surface area contributed by atoms with Crippen molar-refractivity contribution in [1.82, 2.24) is 25.4 Å². The van der Waals surface area contributed by atoms with Gasteiger partial charge in [0.15, 0.2) is 5.65 Å². The number of hydrogen-bond donors (Lipinski definition) is 1. The summed E-state index contributed by atoms with van der Waals surface area (Å²) < 4.78 is 1.45. The summed E-state index contributed by atoms with van der Waals surface area (Å²) in [6, 6.07) is 10.7. The van der Waals surface area contributed by atoms with E-state index in [4.69, 9.17) is 11.6 Å². The monoisotopic (exact) mass is 287 g/mol. The molecule has 2 heterocycles. The molecule has 0 fully saturated rings. The molecule has 1 N–H and O–H groups in total. The minimum Gasteiger partial charge on any atom is -0.348 e. The minimum absolute atomic E-state index is 0.192. The van der Waals surface area contributed by atoms with Gasteiger partial charge in [0.2, 0.25) is 0 Å². The molecular weight excluding hydrogens is 278 g/mol. The van der Waals surface area contributed by atoms with E-state index < -0.39 is 0 Å². The highest BCUT2D eigenvalue weighted by Crippen LogP contribution is 2.10. The first-order valence-corrected chi connectivity index (χ1v) is 6.30. The average molecular weight is 288 g/mol. The summed E-state index contributed by atoms with van der Waals surface area (Å²) in [5.74, 6) is -0.192. The van der Waals surface area contributed by atoms with Crippen LogP contribution in [0.1, 0.15) is 15.9 Å². The van der Waals surface area contributed by atoms with Gasteiger partial charge < -0.3 is 5.32 Å². The van der Waals surface area contributed by atoms with Crippen LogP contribution in [0.4, 0.5) is 0 Å². The Morgan fingerprint density at radius 2 is 2.20 bits per heavy atom. The zero-order chi connectivity index (χ0) is 13.9. The van der Waals surface area contributed by atoms with Crippen LogP contribution in [0.3, 0.4) is 0 Å². The molecule has 1 amide bonds. The molecule has 3 rings (SSSR count). The third kappa shape index (κ3) is 2.60. The molecule has 0 aliphatic carbocycles. The molecule has 0 saturated heterocycles. The standard InChI is InChI=1S/C13H10ClN5O/c14-11-3-1-2-9(6-11)7-15-13(20)10-4-5-12-16-17-18-19(12)8-10/h1-6,8H,7H2,(H,15,20). The van der Waals surface area contributed by atoms with Crippen molar-refractivity contribution < 1.29 is 4.79 Å². The summed E-state index contributed by atoms with van der Waals surface area (Å²) in [6.07, 6.45) is 1.59. The summed E-state index contributed by atoms with van der Waals surface area (Å²) in [5, 5.41) is 14.5. The summed E-state index contributed by atoms with van der Waals surface area (Å²) in [5.41, 5.74) is 2.03. The van der Waals surface area contributed by atoms with Crippen molar-refractivity contribution >= 4 is 23.2 Å². The minimum atomic E-state index is -0.192. The van der Waals surface area contributed by atoms with E-state index >= 15 is 0 Å². The fraction of sp³-hybridized carbons (Fsp3) is 0.0769. The van der Waals surface area contributed by atoms with Crippen LogP contribution in [-0.2, 0) is 6.54 Å². The van der Waals surface area contributed by atoms with Gasteiger partial charge in [-0.2, -0.15) is 4.52 Å². The maximum absolute atomic E-state index is 12.0. The first-order chi connectivity index (χ1) is 9.72. The normalized spacial score (nSPS) is 10.7. The molecule has 2 aromatic heterocycles. The van der Waals surface area contributed by atoms with Crippen LogP contribution >= 0.6 is 11.6 Å². The van der Waals surface area contributed by atoms with Gasteiger partial charge in [-0.05, 0) is 40.3 Å². The molecular formula is C13H10ClN5O. The Kier molecular flexibility index (Phi) is 3.30. The molecule has 7 heteroatoms. The van der Waals surface area contributed by atoms with Crippen molar-refractivity contribution in [2.24, 2.45) is 0 Å². The van der Waals surface area contributed by atoms with E-state index in [9.17, 15) is 4.79 Å². The van der Waals surface area contributed by atoms with Gasteiger partial charge in [-0.15, -0.1) is 5.10 Å². The summed E-state index contributed by atoms with van der Waals surface area (Å²) in [7, 11) is 0. The summed E-state index contributed by atoms with van der Waals surface area (Å²) in [6.45, 7) is 0.410. The predicted molar refractivity (Wildman–Crippen MR) is 73.4 cm³/mol. The highest BCUT2D eigenvalue weighted by Gasteiger charge is 2.07. The molecule has 0 radical (unpaired) electrons. The van der Waals surface area contributed by atoms with E-state index in [0.717, 1.165) is 5.56 Å². The van der Waals surface area contributed by atoms with Crippen LogP contribution in [0.25, 0.3) is 5.65 Å². The van der Waals surface area contributed by atoms with Gasteiger partial charge in [0.1, 0.15) is 0 Å². The van der Waals surface area contributed by atoms with Gasteiger partial charge in [-0.25, -0.2) is 0 Å². The zero-order valence-corrected chi connectivity index (χ0v) is 11.1. The number of pyridine rings is 1. The van der Waals surface area contributed by atoms with Gasteiger partial charge in [-0.1, -0.05) is 23.7 Å². The third-order valence-electron chi connectivity index (χ3n) is 2.80. The number of hydrogen-bond acceptors (Lipinski definition) is 4. The molecule has 100 valence electrons. The maximum atomic E-state index is 12.0. The smallest absolute Gasteiger partial charge is 0.253 e. The van der Waals surface area contributed by atoms with Crippen LogP contribution in [0.5, 0.6) is 0 Å². The lowest BCUT2D eigenvalue weighted by Crippen LogP contribution is -2.23. The van der Waals surface area contributed by atoms with Crippen molar-refractivity contribution in [3.05, 3.63) is 58.7 Å². The molecule has 0 spiro atoms. The van der Waals surface area contributed by atoms with Crippen LogP contribution in [0, 0.1) is 0 Å². The summed E-state index contributed by atoms with van der Waals surface area (Å²) in [4.78, 5) is 12.0. The Morgan fingerprint density at radius 3 is 3.05 bits per heavy atom. The quantitative estimate of drug-likeness (QED) is 0.796. The Morgan fingerprint density at radius 1 is 1.30 bits per heavy atom. The number of amides is 1.